The Balaban J connectivity index is 2.42. The van der Waals surface area contributed by atoms with Crippen LogP contribution in [0.2, 0.25) is 5.02 Å². The summed E-state index contributed by atoms with van der Waals surface area (Å²) in [4.78, 5) is 1.26. The third-order valence-electron chi connectivity index (χ3n) is 2.90. The zero-order chi connectivity index (χ0) is 12.4. The number of thiophene rings is 1. The Hall–Kier alpha value is -0.840. The number of hydrogen-bond acceptors (Lipinski definition) is 3. The Morgan fingerprint density at radius 3 is 2.82 bits per heavy atom. The maximum atomic E-state index is 6.22. The van der Waals surface area contributed by atoms with E-state index in [1.54, 1.807) is 17.5 Å². The van der Waals surface area contributed by atoms with Crippen molar-refractivity contribution in [3.05, 3.63) is 39.3 Å². The van der Waals surface area contributed by atoms with Crippen LogP contribution < -0.4 is 5.73 Å². The van der Waals surface area contributed by atoms with E-state index in [1.165, 1.54) is 10.4 Å². The van der Waals surface area contributed by atoms with Crippen LogP contribution >= 0.6 is 22.9 Å². The average molecular weight is 270 g/mol. The van der Waals surface area contributed by atoms with Crippen molar-refractivity contribution in [2.24, 2.45) is 5.73 Å². The van der Waals surface area contributed by atoms with E-state index in [-0.39, 0.29) is 12.1 Å². The minimum atomic E-state index is 0.0447. The second-order valence-corrected chi connectivity index (χ2v) is 5.51. The Kier molecular flexibility index (Phi) is 3.86. The maximum Gasteiger partial charge on any atom is 0.101 e. The van der Waals surface area contributed by atoms with Gasteiger partial charge in [0.15, 0.2) is 0 Å². The molecule has 0 amide bonds. The van der Waals surface area contributed by atoms with Gasteiger partial charge < -0.3 is 5.73 Å². The molecule has 0 bridgehead atoms. The van der Waals surface area contributed by atoms with E-state index < -0.39 is 0 Å². The van der Waals surface area contributed by atoms with Gasteiger partial charge in [-0.15, -0.1) is 11.3 Å². The van der Waals surface area contributed by atoms with Gasteiger partial charge in [-0.1, -0.05) is 18.5 Å². The monoisotopic (exact) mass is 269 g/mol. The van der Waals surface area contributed by atoms with Crippen LogP contribution in [-0.2, 0) is 0 Å². The first-order chi connectivity index (χ1) is 8.13. The second-order valence-electron chi connectivity index (χ2n) is 4.12. The molecule has 0 aliphatic rings. The van der Waals surface area contributed by atoms with E-state index in [9.17, 15) is 0 Å². The van der Waals surface area contributed by atoms with Crippen molar-refractivity contribution in [1.82, 2.24) is 9.78 Å². The number of halogens is 1. The van der Waals surface area contributed by atoms with Crippen LogP contribution in [0.1, 0.15) is 29.8 Å². The van der Waals surface area contributed by atoms with Gasteiger partial charge in [-0.05, 0) is 30.4 Å². The molecule has 2 rings (SSSR count). The van der Waals surface area contributed by atoms with E-state index in [0.29, 0.717) is 5.02 Å². The molecule has 92 valence electrons. The number of nitrogens with two attached hydrogens (primary N) is 1. The summed E-state index contributed by atoms with van der Waals surface area (Å²) < 4.78 is 1.87. The molecule has 0 aliphatic carbocycles. The van der Waals surface area contributed by atoms with Crippen LogP contribution in [0.5, 0.6) is 0 Å². The highest BCUT2D eigenvalue weighted by Gasteiger charge is 2.24. The highest BCUT2D eigenvalue weighted by Crippen LogP contribution is 2.30. The highest BCUT2D eigenvalue weighted by atomic mass is 35.5. The molecule has 0 fully saturated rings. The van der Waals surface area contributed by atoms with Gasteiger partial charge in [-0.2, -0.15) is 5.10 Å². The number of hydrogen-bond donors (Lipinski definition) is 1. The minimum Gasteiger partial charge on any atom is -0.326 e. The number of nitrogens with zero attached hydrogens (tertiary/aromatic N) is 2. The summed E-state index contributed by atoms with van der Waals surface area (Å²) in [5.74, 6) is 0. The van der Waals surface area contributed by atoms with Gasteiger partial charge in [0, 0.05) is 17.1 Å². The Labute approximate surface area is 110 Å². The van der Waals surface area contributed by atoms with Crippen molar-refractivity contribution in [2.75, 3.05) is 0 Å². The third kappa shape index (κ3) is 2.54. The first-order valence-corrected chi connectivity index (χ1v) is 6.88. The molecule has 2 unspecified atom stereocenters. The van der Waals surface area contributed by atoms with Crippen LogP contribution in [-0.4, -0.2) is 15.8 Å². The Morgan fingerprint density at radius 1 is 1.59 bits per heavy atom. The summed E-state index contributed by atoms with van der Waals surface area (Å²) >= 11 is 7.65. The summed E-state index contributed by atoms with van der Waals surface area (Å²) in [6, 6.07) is 2.23. The van der Waals surface area contributed by atoms with Crippen molar-refractivity contribution in [3.63, 3.8) is 0 Å². The van der Waals surface area contributed by atoms with Crippen LogP contribution in [0, 0.1) is 6.92 Å². The smallest absolute Gasteiger partial charge is 0.101 e. The maximum absolute atomic E-state index is 6.22. The number of aromatic nitrogens is 2. The quantitative estimate of drug-likeness (QED) is 0.926. The molecule has 0 saturated carbocycles. The lowest BCUT2D eigenvalue weighted by Gasteiger charge is -2.23. The molecule has 0 aromatic carbocycles. The minimum absolute atomic E-state index is 0.0447. The number of aryl methyl sites for hydroxylation is 1. The molecule has 2 atom stereocenters. The van der Waals surface area contributed by atoms with E-state index in [2.05, 4.69) is 30.4 Å². The highest BCUT2D eigenvalue weighted by molar-refractivity contribution is 7.10. The molecule has 0 aliphatic heterocycles. The standard InChI is InChI=1S/C12H16ClN3S/c1-3-10(14)11(12-8(2)4-5-17-12)16-7-9(13)6-15-16/h4-7,10-11H,3,14H2,1-2H3. The molecule has 2 aromatic rings. The molecule has 0 saturated heterocycles. The molecule has 0 spiro atoms. The van der Waals surface area contributed by atoms with Crippen molar-refractivity contribution >= 4 is 22.9 Å². The molecular formula is C12H16ClN3S. The summed E-state index contributed by atoms with van der Waals surface area (Å²) in [5, 5.41) is 7.03. The Morgan fingerprint density at radius 2 is 2.35 bits per heavy atom. The van der Waals surface area contributed by atoms with Crippen molar-refractivity contribution in [1.29, 1.82) is 0 Å². The second kappa shape index (κ2) is 5.21. The van der Waals surface area contributed by atoms with Crippen molar-refractivity contribution in [3.8, 4) is 0 Å². The lowest BCUT2D eigenvalue weighted by atomic mass is 10.0. The summed E-state index contributed by atoms with van der Waals surface area (Å²) in [6.07, 6.45) is 4.39. The predicted octanol–water partition coefficient (Wildman–Crippen LogP) is 3.23. The first-order valence-electron chi connectivity index (χ1n) is 5.62. The largest absolute Gasteiger partial charge is 0.326 e. The fourth-order valence-corrected chi connectivity index (χ4v) is 3.13. The van der Waals surface area contributed by atoms with E-state index in [1.807, 2.05) is 10.9 Å². The molecule has 2 N–H and O–H groups in total. The van der Waals surface area contributed by atoms with E-state index in [0.717, 1.165) is 6.42 Å². The molecule has 17 heavy (non-hydrogen) atoms. The lowest BCUT2D eigenvalue weighted by Crippen LogP contribution is -2.32. The summed E-state index contributed by atoms with van der Waals surface area (Å²) in [7, 11) is 0. The van der Waals surface area contributed by atoms with Gasteiger partial charge in [0.2, 0.25) is 0 Å². The van der Waals surface area contributed by atoms with Crippen molar-refractivity contribution in [2.45, 2.75) is 32.4 Å². The SMILES string of the molecule is CCC(N)C(c1sccc1C)n1cc(Cl)cn1. The normalized spacial score (nSPS) is 14.8. The van der Waals surface area contributed by atoms with Gasteiger partial charge in [0.05, 0.1) is 11.2 Å². The van der Waals surface area contributed by atoms with Crippen LogP contribution in [0.25, 0.3) is 0 Å². The van der Waals surface area contributed by atoms with Gasteiger partial charge in [0.1, 0.15) is 6.04 Å². The summed E-state index contributed by atoms with van der Waals surface area (Å²) in [5.41, 5.74) is 7.48. The van der Waals surface area contributed by atoms with Gasteiger partial charge in [0.25, 0.3) is 0 Å². The summed E-state index contributed by atoms with van der Waals surface area (Å²) in [6.45, 7) is 4.19. The fraction of sp³-hybridized carbons (Fsp3) is 0.417. The molecule has 3 nitrogen and oxygen atoms in total. The van der Waals surface area contributed by atoms with Gasteiger partial charge in [-0.25, -0.2) is 0 Å². The van der Waals surface area contributed by atoms with Crippen molar-refractivity contribution < 1.29 is 0 Å². The molecule has 2 aromatic heterocycles. The molecule has 5 heteroatoms. The predicted molar refractivity (Wildman–Crippen MR) is 72.7 cm³/mol. The third-order valence-corrected chi connectivity index (χ3v) is 4.19. The zero-order valence-electron chi connectivity index (χ0n) is 9.93. The van der Waals surface area contributed by atoms with Gasteiger partial charge in [-0.3, -0.25) is 4.68 Å². The lowest BCUT2D eigenvalue weighted by molar-refractivity contribution is 0.428. The van der Waals surface area contributed by atoms with Crippen LogP contribution in [0.3, 0.4) is 0 Å². The van der Waals surface area contributed by atoms with Crippen LogP contribution in [0.4, 0.5) is 0 Å². The number of rotatable bonds is 4. The topological polar surface area (TPSA) is 43.8 Å². The first kappa shape index (κ1) is 12.6. The fourth-order valence-electron chi connectivity index (χ4n) is 1.89. The Bertz CT molecular complexity index is 491. The molecular weight excluding hydrogens is 254 g/mol. The van der Waals surface area contributed by atoms with Crippen LogP contribution in [0.15, 0.2) is 23.8 Å². The van der Waals surface area contributed by atoms with E-state index >= 15 is 0 Å². The molecule has 2 heterocycles. The van der Waals surface area contributed by atoms with Gasteiger partial charge >= 0.3 is 0 Å². The average Bonchev–Trinajstić information content (AvgIpc) is 2.90. The molecule has 0 radical (unpaired) electrons. The van der Waals surface area contributed by atoms with E-state index in [4.69, 9.17) is 17.3 Å². The zero-order valence-corrected chi connectivity index (χ0v) is 11.5.